The lowest BCUT2D eigenvalue weighted by molar-refractivity contribution is -0.182. The van der Waals surface area contributed by atoms with Gasteiger partial charge in [-0.3, -0.25) is 4.79 Å². The van der Waals surface area contributed by atoms with Crippen LogP contribution < -0.4 is 11.1 Å². The molecule has 1 aliphatic carbocycles. The standard InChI is InChI=1S/C13H21F3N2O2/c14-13(15,16)8-1-3-9(4-2-8)18-12(19)11-6-5-10(7-17)20-11/h8-11H,1-7,17H2,(H,18,19)/t8?,9?,10-,11+/m1/s1. The van der Waals surface area contributed by atoms with Crippen LogP contribution in [0.4, 0.5) is 13.2 Å². The van der Waals surface area contributed by atoms with E-state index in [0.717, 1.165) is 6.42 Å². The molecule has 2 rings (SSSR count). The van der Waals surface area contributed by atoms with Crippen LogP contribution in [0.3, 0.4) is 0 Å². The quantitative estimate of drug-likeness (QED) is 0.833. The molecule has 2 fully saturated rings. The van der Waals surface area contributed by atoms with Crippen LogP contribution in [0.1, 0.15) is 38.5 Å². The molecule has 4 nitrogen and oxygen atoms in total. The van der Waals surface area contributed by atoms with E-state index >= 15 is 0 Å². The Kier molecular flexibility index (Phi) is 4.90. The van der Waals surface area contributed by atoms with Crippen molar-refractivity contribution in [1.29, 1.82) is 0 Å². The zero-order chi connectivity index (χ0) is 14.8. The largest absolute Gasteiger partial charge is 0.391 e. The third-order valence-electron chi connectivity index (χ3n) is 4.20. The number of halogens is 3. The zero-order valence-electron chi connectivity index (χ0n) is 11.3. The van der Waals surface area contributed by atoms with E-state index in [1.807, 2.05) is 0 Å². The van der Waals surface area contributed by atoms with Crippen LogP contribution >= 0.6 is 0 Å². The molecule has 20 heavy (non-hydrogen) atoms. The molecule has 0 aromatic rings. The van der Waals surface area contributed by atoms with Crippen molar-refractivity contribution in [2.24, 2.45) is 11.7 Å². The maximum atomic E-state index is 12.5. The number of nitrogens with two attached hydrogens (primary N) is 1. The molecule has 2 atom stereocenters. The molecule has 7 heteroatoms. The van der Waals surface area contributed by atoms with Gasteiger partial charge in [-0.25, -0.2) is 0 Å². The lowest BCUT2D eigenvalue weighted by atomic mass is 9.85. The minimum absolute atomic E-state index is 0.0771. The summed E-state index contributed by atoms with van der Waals surface area (Å²) in [6.45, 7) is 0.389. The molecule has 1 saturated heterocycles. The van der Waals surface area contributed by atoms with Crippen LogP contribution in [0.2, 0.25) is 0 Å². The van der Waals surface area contributed by atoms with Gasteiger partial charge in [-0.05, 0) is 38.5 Å². The van der Waals surface area contributed by atoms with Crippen molar-refractivity contribution >= 4 is 5.91 Å². The predicted octanol–water partition coefficient (Wildman–Crippen LogP) is 1.73. The number of amides is 1. The average Bonchev–Trinajstić information content (AvgIpc) is 2.87. The van der Waals surface area contributed by atoms with E-state index in [2.05, 4.69) is 5.32 Å². The molecule has 1 amide bonds. The Labute approximate surface area is 116 Å². The first-order chi connectivity index (χ1) is 9.40. The van der Waals surface area contributed by atoms with Gasteiger partial charge in [0.2, 0.25) is 5.91 Å². The highest BCUT2D eigenvalue weighted by atomic mass is 19.4. The van der Waals surface area contributed by atoms with Gasteiger partial charge >= 0.3 is 6.18 Å². The predicted molar refractivity (Wildman–Crippen MR) is 66.9 cm³/mol. The Balaban J connectivity index is 1.74. The fourth-order valence-electron chi connectivity index (χ4n) is 2.93. The first-order valence-electron chi connectivity index (χ1n) is 7.12. The maximum Gasteiger partial charge on any atom is 0.391 e. The molecule has 0 aromatic carbocycles. The van der Waals surface area contributed by atoms with Crippen molar-refractivity contribution in [2.45, 2.75) is 63.0 Å². The monoisotopic (exact) mass is 294 g/mol. The van der Waals surface area contributed by atoms with Crippen molar-refractivity contribution in [3.8, 4) is 0 Å². The molecule has 0 unspecified atom stereocenters. The van der Waals surface area contributed by atoms with Gasteiger partial charge in [0.1, 0.15) is 6.10 Å². The number of ether oxygens (including phenoxy) is 1. The molecule has 1 saturated carbocycles. The fraction of sp³-hybridized carbons (Fsp3) is 0.923. The number of nitrogens with one attached hydrogen (secondary N) is 1. The van der Waals surface area contributed by atoms with Gasteiger partial charge in [-0.2, -0.15) is 13.2 Å². The molecule has 0 bridgehead atoms. The lowest BCUT2D eigenvalue weighted by Gasteiger charge is -2.30. The Bertz CT molecular complexity index is 341. The van der Waals surface area contributed by atoms with Gasteiger partial charge < -0.3 is 15.8 Å². The topological polar surface area (TPSA) is 64.4 Å². The summed E-state index contributed by atoms with van der Waals surface area (Å²) in [5.74, 6) is -1.43. The second-order valence-corrected chi connectivity index (χ2v) is 5.66. The Morgan fingerprint density at radius 1 is 1.15 bits per heavy atom. The normalized spacial score (nSPS) is 35.0. The van der Waals surface area contributed by atoms with Crippen LogP contribution in [0.25, 0.3) is 0 Å². The van der Waals surface area contributed by atoms with Gasteiger partial charge in [0.25, 0.3) is 0 Å². The number of carbonyl (C=O) groups excluding carboxylic acids is 1. The minimum Gasteiger partial charge on any atom is -0.364 e. The average molecular weight is 294 g/mol. The number of rotatable bonds is 3. The molecule has 0 aromatic heterocycles. The van der Waals surface area contributed by atoms with E-state index < -0.39 is 18.2 Å². The van der Waals surface area contributed by atoms with E-state index in [-0.39, 0.29) is 30.9 Å². The molecule has 0 spiro atoms. The summed E-state index contributed by atoms with van der Waals surface area (Å²) >= 11 is 0. The Morgan fingerprint density at radius 2 is 1.80 bits per heavy atom. The van der Waals surface area contributed by atoms with Gasteiger partial charge in [0, 0.05) is 12.6 Å². The summed E-state index contributed by atoms with van der Waals surface area (Å²) in [7, 11) is 0. The Morgan fingerprint density at radius 3 is 2.30 bits per heavy atom. The summed E-state index contributed by atoms with van der Waals surface area (Å²) < 4.78 is 43.1. The molecular weight excluding hydrogens is 273 g/mol. The van der Waals surface area contributed by atoms with Crippen LogP contribution in [0.5, 0.6) is 0 Å². The second-order valence-electron chi connectivity index (χ2n) is 5.66. The van der Waals surface area contributed by atoms with E-state index in [1.54, 1.807) is 0 Å². The minimum atomic E-state index is -4.11. The summed E-state index contributed by atoms with van der Waals surface area (Å²) in [6, 6.07) is -0.165. The molecule has 1 aliphatic heterocycles. The van der Waals surface area contributed by atoms with E-state index in [9.17, 15) is 18.0 Å². The van der Waals surface area contributed by atoms with Crippen LogP contribution in [0, 0.1) is 5.92 Å². The molecule has 0 radical (unpaired) electrons. The Hall–Kier alpha value is -0.820. The van der Waals surface area contributed by atoms with Crippen molar-refractivity contribution in [1.82, 2.24) is 5.32 Å². The third-order valence-corrected chi connectivity index (χ3v) is 4.20. The number of alkyl halides is 3. The highest BCUT2D eigenvalue weighted by molar-refractivity contribution is 5.81. The third kappa shape index (κ3) is 3.85. The van der Waals surface area contributed by atoms with Gasteiger partial charge in [-0.15, -0.1) is 0 Å². The summed E-state index contributed by atoms with van der Waals surface area (Å²) in [6.07, 6.45) is -2.36. The van der Waals surface area contributed by atoms with E-state index in [1.165, 1.54) is 0 Å². The number of hydrogen-bond acceptors (Lipinski definition) is 3. The van der Waals surface area contributed by atoms with Gasteiger partial charge in [-0.1, -0.05) is 0 Å². The smallest absolute Gasteiger partial charge is 0.364 e. The molecule has 2 aliphatic rings. The van der Waals surface area contributed by atoms with Crippen molar-refractivity contribution in [2.75, 3.05) is 6.54 Å². The summed E-state index contributed by atoms with van der Waals surface area (Å²) in [5.41, 5.74) is 5.47. The molecular formula is C13H21F3N2O2. The van der Waals surface area contributed by atoms with Crippen LogP contribution in [-0.4, -0.2) is 36.9 Å². The number of hydrogen-bond donors (Lipinski definition) is 2. The molecule has 3 N–H and O–H groups in total. The van der Waals surface area contributed by atoms with E-state index in [0.29, 0.717) is 25.8 Å². The van der Waals surface area contributed by atoms with E-state index in [4.69, 9.17) is 10.5 Å². The van der Waals surface area contributed by atoms with Crippen molar-refractivity contribution < 1.29 is 22.7 Å². The molecule has 1 heterocycles. The van der Waals surface area contributed by atoms with Gasteiger partial charge in [0.05, 0.1) is 12.0 Å². The fourth-order valence-corrected chi connectivity index (χ4v) is 2.93. The highest BCUT2D eigenvalue weighted by Crippen LogP contribution is 2.37. The lowest BCUT2D eigenvalue weighted by Crippen LogP contribution is -2.44. The first kappa shape index (κ1) is 15.6. The summed E-state index contributed by atoms with van der Waals surface area (Å²) in [4.78, 5) is 12.0. The highest BCUT2D eigenvalue weighted by Gasteiger charge is 2.42. The van der Waals surface area contributed by atoms with Crippen LogP contribution in [-0.2, 0) is 9.53 Å². The van der Waals surface area contributed by atoms with Gasteiger partial charge in [0.15, 0.2) is 0 Å². The zero-order valence-corrected chi connectivity index (χ0v) is 11.3. The number of carbonyl (C=O) groups is 1. The SMILES string of the molecule is NC[C@H]1CC[C@@H](C(=O)NC2CCC(C(F)(F)F)CC2)O1. The first-order valence-corrected chi connectivity index (χ1v) is 7.12. The maximum absolute atomic E-state index is 12.5. The van der Waals surface area contributed by atoms with Crippen molar-refractivity contribution in [3.05, 3.63) is 0 Å². The summed E-state index contributed by atoms with van der Waals surface area (Å²) in [5, 5.41) is 2.81. The van der Waals surface area contributed by atoms with Crippen LogP contribution in [0.15, 0.2) is 0 Å². The molecule has 116 valence electrons. The van der Waals surface area contributed by atoms with Crippen molar-refractivity contribution in [3.63, 3.8) is 0 Å². The second kappa shape index (κ2) is 6.30.